The molecule has 0 fully saturated rings. The molecule has 0 aromatic heterocycles. The molecule has 2 aromatic carbocycles. The molecule has 1 unspecified atom stereocenters. The van der Waals surface area contributed by atoms with Crippen LogP contribution in [-0.2, 0) is 10.8 Å². The van der Waals surface area contributed by atoms with E-state index >= 15 is 0 Å². The van der Waals surface area contributed by atoms with E-state index in [4.69, 9.17) is 23.2 Å². The van der Waals surface area contributed by atoms with Crippen LogP contribution in [0.4, 0.5) is 0 Å². The van der Waals surface area contributed by atoms with E-state index in [0.717, 1.165) is 16.5 Å². The van der Waals surface area contributed by atoms with Gasteiger partial charge in [-0.25, -0.2) is 0 Å². The van der Waals surface area contributed by atoms with Crippen molar-refractivity contribution in [2.45, 2.75) is 38.0 Å². The normalized spacial score (nSPS) is 23.6. The minimum Gasteiger partial charge on any atom is -0.0843 e. The second-order valence-corrected chi connectivity index (χ2v) is 7.46. The first-order valence-corrected chi connectivity index (χ1v) is 7.65. The molecule has 0 spiro atoms. The SMILES string of the molecule is CC1(C)CC(C)(c2ccc(Cl)cc2)c2cc(Cl)ccc21. The van der Waals surface area contributed by atoms with Crippen LogP contribution in [0.2, 0.25) is 10.0 Å². The van der Waals surface area contributed by atoms with Gasteiger partial charge in [0.15, 0.2) is 0 Å². The number of fused-ring (bicyclic) bond motifs is 1. The molecule has 0 bridgehead atoms. The topological polar surface area (TPSA) is 0 Å². The van der Waals surface area contributed by atoms with E-state index in [0.29, 0.717) is 0 Å². The Morgan fingerprint density at radius 1 is 0.800 bits per heavy atom. The van der Waals surface area contributed by atoms with Gasteiger partial charge >= 0.3 is 0 Å². The van der Waals surface area contributed by atoms with Crippen LogP contribution < -0.4 is 0 Å². The summed E-state index contributed by atoms with van der Waals surface area (Å²) in [5, 5.41) is 1.59. The van der Waals surface area contributed by atoms with Crippen LogP contribution in [0, 0.1) is 0 Å². The fourth-order valence-electron chi connectivity index (χ4n) is 3.71. The van der Waals surface area contributed by atoms with Gasteiger partial charge in [-0.2, -0.15) is 0 Å². The van der Waals surface area contributed by atoms with E-state index in [-0.39, 0.29) is 10.8 Å². The van der Waals surface area contributed by atoms with Gasteiger partial charge in [-0.3, -0.25) is 0 Å². The minimum atomic E-state index is -0.00563. The Hall–Kier alpha value is -0.980. The van der Waals surface area contributed by atoms with Gasteiger partial charge in [-0.15, -0.1) is 0 Å². The maximum atomic E-state index is 6.24. The number of hydrogen-bond acceptors (Lipinski definition) is 0. The highest BCUT2D eigenvalue weighted by atomic mass is 35.5. The Morgan fingerprint density at radius 3 is 2.05 bits per heavy atom. The molecule has 0 radical (unpaired) electrons. The average molecular weight is 305 g/mol. The standard InChI is InChI=1S/C18H18Cl2/c1-17(2)11-18(3,12-4-6-13(19)7-5-12)16-10-14(20)8-9-15(16)17/h4-10H,11H2,1-3H3. The van der Waals surface area contributed by atoms with Crippen LogP contribution in [0.1, 0.15) is 43.9 Å². The predicted molar refractivity (Wildman–Crippen MR) is 87.0 cm³/mol. The van der Waals surface area contributed by atoms with Crippen molar-refractivity contribution >= 4 is 23.2 Å². The van der Waals surface area contributed by atoms with E-state index in [1.54, 1.807) is 0 Å². The van der Waals surface area contributed by atoms with Crippen LogP contribution >= 0.6 is 23.2 Å². The molecule has 0 nitrogen and oxygen atoms in total. The zero-order valence-electron chi connectivity index (χ0n) is 12.0. The maximum Gasteiger partial charge on any atom is 0.0409 e. The second-order valence-electron chi connectivity index (χ2n) is 6.59. The van der Waals surface area contributed by atoms with Crippen molar-refractivity contribution in [2.24, 2.45) is 0 Å². The molecule has 1 atom stereocenters. The first-order chi connectivity index (χ1) is 9.33. The van der Waals surface area contributed by atoms with Gasteiger partial charge in [0.1, 0.15) is 0 Å². The summed E-state index contributed by atoms with van der Waals surface area (Å²) in [6.07, 6.45) is 1.08. The maximum absolute atomic E-state index is 6.24. The molecule has 1 aliphatic carbocycles. The van der Waals surface area contributed by atoms with Gasteiger partial charge in [0.2, 0.25) is 0 Å². The first kappa shape index (κ1) is 14.0. The lowest BCUT2D eigenvalue weighted by molar-refractivity contribution is 0.425. The Kier molecular flexibility index (Phi) is 3.15. The lowest BCUT2D eigenvalue weighted by Crippen LogP contribution is -2.23. The molecule has 3 rings (SSSR count). The minimum absolute atomic E-state index is 0.00563. The molecule has 0 amide bonds. The number of hydrogen-bond donors (Lipinski definition) is 0. The van der Waals surface area contributed by atoms with Gasteiger partial charge in [-0.1, -0.05) is 62.2 Å². The smallest absolute Gasteiger partial charge is 0.0409 e. The quantitative estimate of drug-likeness (QED) is 0.608. The van der Waals surface area contributed by atoms with Crippen LogP contribution in [0.25, 0.3) is 0 Å². The molecular weight excluding hydrogens is 287 g/mol. The van der Waals surface area contributed by atoms with Crippen LogP contribution in [0.3, 0.4) is 0 Å². The van der Waals surface area contributed by atoms with Gasteiger partial charge in [0.05, 0.1) is 0 Å². The van der Waals surface area contributed by atoms with Gasteiger partial charge < -0.3 is 0 Å². The molecule has 20 heavy (non-hydrogen) atoms. The molecule has 0 heterocycles. The van der Waals surface area contributed by atoms with Crippen molar-refractivity contribution in [3.05, 3.63) is 69.2 Å². The fraction of sp³-hybridized carbons (Fsp3) is 0.333. The van der Waals surface area contributed by atoms with E-state index < -0.39 is 0 Å². The third-order valence-corrected chi connectivity index (χ3v) is 5.07. The Labute approximate surface area is 130 Å². The Balaban J connectivity index is 2.21. The first-order valence-electron chi connectivity index (χ1n) is 6.89. The predicted octanol–water partition coefficient (Wildman–Crippen LogP) is 5.98. The van der Waals surface area contributed by atoms with E-state index in [9.17, 15) is 0 Å². The largest absolute Gasteiger partial charge is 0.0843 e. The molecule has 2 heteroatoms. The van der Waals surface area contributed by atoms with Crippen molar-refractivity contribution < 1.29 is 0 Å². The second kappa shape index (κ2) is 4.51. The van der Waals surface area contributed by atoms with Gasteiger partial charge in [-0.05, 0) is 52.8 Å². The summed E-state index contributed by atoms with van der Waals surface area (Å²) in [5.41, 5.74) is 4.20. The molecule has 0 saturated carbocycles. The van der Waals surface area contributed by atoms with Gasteiger partial charge in [0, 0.05) is 15.5 Å². The number of halogens is 2. The Morgan fingerprint density at radius 2 is 1.40 bits per heavy atom. The summed E-state index contributed by atoms with van der Waals surface area (Å²) in [4.78, 5) is 0. The number of rotatable bonds is 1. The molecule has 104 valence electrons. The average Bonchev–Trinajstić information content (AvgIpc) is 2.58. The van der Waals surface area contributed by atoms with Gasteiger partial charge in [0.25, 0.3) is 0 Å². The molecule has 0 N–H and O–H groups in total. The summed E-state index contributed by atoms with van der Waals surface area (Å²) in [6, 6.07) is 14.5. The monoisotopic (exact) mass is 304 g/mol. The lowest BCUT2D eigenvalue weighted by Gasteiger charge is -2.28. The van der Waals surface area contributed by atoms with Crippen LogP contribution in [0.15, 0.2) is 42.5 Å². The van der Waals surface area contributed by atoms with E-state index in [1.807, 2.05) is 18.2 Å². The number of benzene rings is 2. The van der Waals surface area contributed by atoms with Crippen LogP contribution in [0.5, 0.6) is 0 Å². The summed E-state index contributed by atoms with van der Waals surface area (Å²) in [6.45, 7) is 6.92. The van der Waals surface area contributed by atoms with Crippen molar-refractivity contribution in [3.8, 4) is 0 Å². The third-order valence-electron chi connectivity index (χ3n) is 4.58. The molecule has 2 aromatic rings. The highest BCUT2D eigenvalue weighted by Crippen LogP contribution is 2.53. The highest BCUT2D eigenvalue weighted by Gasteiger charge is 2.45. The van der Waals surface area contributed by atoms with E-state index in [1.165, 1.54) is 16.7 Å². The zero-order chi connectivity index (χ0) is 14.5. The van der Waals surface area contributed by atoms with Crippen molar-refractivity contribution in [3.63, 3.8) is 0 Å². The summed E-state index contributed by atoms with van der Waals surface area (Å²) >= 11 is 12.3. The molecular formula is C18H18Cl2. The summed E-state index contributed by atoms with van der Waals surface area (Å²) in [5.74, 6) is 0. The summed E-state index contributed by atoms with van der Waals surface area (Å²) < 4.78 is 0. The molecule has 0 saturated heterocycles. The Bertz CT molecular complexity index is 656. The van der Waals surface area contributed by atoms with E-state index in [2.05, 4.69) is 45.0 Å². The lowest BCUT2D eigenvalue weighted by atomic mass is 9.75. The zero-order valence-corrected chi connectivity index (χ0v) is 13.5. The highest BCUT2D eigenvalue weighted by molar-refractivity contribution is 6.31. The van der Waals surface area contributed by atoms with Crippen molar-refractivity contribution in [1.29, 1.82) is 0 Å². The van der Waals surface area contributed by atoms with Crippen molar-refractivity contribution in [1.82, 2.24) is 0 Å². The third kappa shape index (κ3) is 2.06. The van der Waals surface area contributed by atoms with Crippen molar-refractivity contribution in [2.75, 3.05) is 0 Å². The molecule has 1 aliphatic rings. The summed E-state index contributed by atoms with van der Waals surface area (Å²) in [7, 11) is 0. The molecule has 0 aliphatic heterocycles. The van der Waals surface area contributed by atoms with Crippen LogP contribution in [-0.4, -0.2) is 0 Å². The fourth-order valence-corrected chi connectivity index (χ4v) is 4.01.